The predicted octanol–water partition coefficient (Wildman–Crippen LogP) is 6.16. The largest absolute Gasteiger partial charge is 0.481 e. The van der Waals surface area contributed by atoms with Gasteiger partial charge in [-0.15, -0.1) is 0 Å². The summed E-state index contributed by atoms with van der Waals surface area (Å²) in [5, 5.41) is 13.1. The number of nitro groups is 1. The number of nitrogens with two attached hydrogens (primary N) is 1. The van der Waals surface area contributed by atoms with Crippen LogP contribution in [0.2, 0.25) is 0 Å². The van der Waals surface area contributed by atoms with Crippen molar-refractivity contribution < 1.29 is 23.9 Å². The molecule has 46 heavy (non-hydrogen) atoms. The summed E-state index contributed by atoms with van der Waals surface area (Å²) in [6.45, 7) is 13.5. The number of nitrogens with zero attached hydrogens (tertiary/aromatic N) is 2. The third-order valence-electron chi connectivity index (χ3n) is 11.0. The van der Waals surface area contributed by atoms with Gasteiger partial charge in [-0.25, -0.2) is 15.1 Å². The highest BCUT2D eigenvalue weighted by molar-refractivity contribution is 6.47. The van der Waals surface area contributed by atoms with Gasteiger partial charge < -0.3 is 20.4 Å². The van der Waals surface area contributed by atoms with Crippen LogP contribution in [0.25, 0.3) is 0 Å². The summed E-state index contributed by atoms with van der Waals surface area (Å²) < 4.78 is 13.3. The van der Waals surface area contributed by atoms with Crippen molar-refractivity contribution in [1.82, 2.24) is 10.7 Å². The van der Waals surface area contributed by atoms with Crippen LogP contribution in [0.5, 0.6) is 0 Å². The minimum atomic E-state index is -0.761. The van der Waals surface area contributed by atoms with Crippen LogP contribution in [0.3, 0.4) is 0 Å². The lowest BCUT2D eigenvalue weighted by Crippen LogP contribution is -2.65. The van der Waals surface area contributed by atoms with E-state index in [0.717, 1.165) is 32.1 Å². The molecule has 12 heteroatoms. The second kappa shape index (κ2) is 17.8. The Hall–Kier alpha value is -2.21. The minimum Gasteiger partial charge on any atom is -0.404 e. The molecular formula is C34H62BN5O6. The van der Waals surface area contributed by atoms with Crippen LogP contribution in [-0.2, 0) is 18.9 Å². The third-order valence-corrected chi connectivity index (χ3v) is 11.0. The van der Waals surface area contributed by atoms with Gasteiger partial charge in [0.25, 0.3) is 5.96 Å². The number of aliphatic imine (C=N–C) groups is 1. The lowest BCUT2D eigenvalue weighted by molar-refractivity contribution is -0.525. The van der Waals surface area contributed by atoms with Gasteiger partial charge >= 0.3 is 7.12 Å². The van der Waals surface area contributed by atoms with Crippen LogP contribution < -0.4 is 16.5 Å². The summed E-state index contributed by atoms with van der Waals surface area (Å²) in [4.78, 5) is 41.6. The Labute approximate surface area is 277 Å². The molecule has 4 aliphatic rings. The van der Waals surface area contributed by atoms with Gasteiger partial charge in [-0.05, 0) is 68.6 Å². The first-order chi connectivity index (χ1) is 21.8. The molecule has 3 saturated carbocycles. The molecule has 4 N–H and O–H groups in total. The number of carbonyl (C=O) groups is 2. The Morgan fingerprint density at radius 3 is 2.30 bits per heavy atom. The monoisotopic (exact) mass is 647 g/mol. The van der Waals surface area contributed by atoms with E-state index in [2.05, 4.69) is 51.9 Å². The number of hydrogen-bond acceptors (Lipinski definition) is 7. The molecule has 1 heterocycles. The van der Waals surface area contributed by atoms with Crippen LogP contribution >= 0.6 is 0 Å². The summed E-state index contributed by atoms with van der Waals surface area (Å²) in [6.07, 6.45) is 15.0. The van der Waals surface area contributed by atoms with Gasteiger partial charge in [-0.3, -0.25) is 9.59 Å². The van der Waals surface area contributed by atoms with Gasteiger partial charge in [0.1, 0.15) is 5.78 Å². The first-order valence-electron chi connectivity index (χ1n) is 18.1. The maximum atomic E-state index is 13.9. The zero-order valence-electron chi connectivity index (χ0n) is 29.5. The molecule has 11 nitrogen and oxygen atoms in total. The van der Waals surface area contributed by atoms with Crippen LogP contribution in [0.1, 0.15) is 144 Å². The number of rotatable bonds is 22. The molecule has 0 unspecified atom stereocenters. The number of unbranched alkanes of at least 4 members (excludes halogenated alkanes) is 8. The number of guanidine groups is 1. The maximum absolute atomic E-state index is 13.9. The average Bonchev–Trinajstić information content (AvgIpc) is 3.34. The molecule has 0 aromatic carbocycles. The lowest BCUT2D eigenvalue weighted by Gasteiger charge is -2.64. The van der Waals surface area contributed by atoms with Crippen LogP contribution in [0, 0.1) is 39.2 Å². The number of nitrogens with one attached hydrogen (secondary N) is 2. The van der Waals surface area contributed by atoms with Gasteiger partial charge in [-0.1, -0.05) is 91.4 Å². The topological polar surface area (TPSA) is 158 Å². The maximum Gasteiger partial charge on any atom is 0.481 e. The van der Waals surface area contributed by atoms with E-state index in [9.17, 15) is 19.7 Å². The molecule has 0 aromatic heterocycles. The first-order valence-corrected chi connectivity index (χ1v) is 18.1. The van der Waals surface area contributed by atoms with Crippen molar-refractivity contribution in [2.24, 2.45) is 39.8 Å². The Morgan fingerprint density at radius 1 is 1.04 bits per heavy atom. The fourth-order valence-electron chi connectivity index (χ4n) is 8.12. The number of Topliss-reactive ketones (excluding diaryl/α,β-unsaturated/α-hetero) is 1. The molecule has 1 aliphatic heterocycles. The normalized spacial score (nSPS) is 26.3. The molecule has 0 radical (unpaired) electrons. The van der Waals surface area contributed by atoms with Crippen molar-refractivity contribution in [3.05, 3.63) is 10.1 Å². The van der Waals surface area contributed by atoms with Crippen LogP contribution in [0.4, 0.5) is 0 Å². The van der Waals surface area contributed by atoms with Gasteiger partial charge in [0, 0.05) is 25.3 Å². The van der Waals surface area contributed by atoms with E-state index >= 15 is 0 Å². The molecule has 2 bridgehead atoms. The number of ketones is 1. The molecule has 0 spiro atoms. The average molecular weight is 648 g/mol. The van der Waals surface area contributed by atoms with Gasteiger partial charge in [-0.2, -0.15) is 0 Å². The van der Waals surface area contributed by atoms with E-state index in [4.69, 9.17) is 15.0 Å². The number of carbonyl (C=O) groups excluding carboxylic acids is 2. The Bertz CT molecular complexity index is 1040. The molecule has 1 amide bonds. The van der Waals surface area contributed by atoms with Crippen molar-refractivity contribution in [3.8, 4) is 0 Å². The fourth-order valence-corrected chi connectivity index (χ4v) is 8.12. The second-order valence-corrected chi connectivity index (χ2v) is 15.4. The van der Waals surface area contributed by atoms with Gasteiger partial charge in [0.2, 0.25) is 5.91 Å². The molecular weight excluding hydrogens is 585 g/mol. The standard InChI is InChI=1S/C34H62BN5O6/c1-7-8-9-10-11-12-13-14-15-18-27(41)21-25(17-16-19-37-32(36)39-40(43)44)31(42)38-30(20-24(2)3)35-45-29-23-26-22-28(33(26,4)5)34(29,6)46-35/h24-26,28-30H,7-23H2,1-6H3,(H,38,42)(H3,36,37,39)/t25-,26+,28+,29-,30+,34+/m1/s1. The summed E-state index contributed by atoms with van der Waals surface area (Å²) in [5.41, 5.74) is 7.25. The lowest BCUT2D eigenvalue weighted by atomic mass is 9.43. The highest BCUT2D eigenvalue weighted by Crippen LogP contribution is 2.65. The van der Waals surface area contributed by atoms with Gasteiger partial charge in [0.15, 0.2) is 5.03 Å². The predicted molar refractivity (Wildman–Crippen MR) is 182 cm³/mol. The Balaban J connectivity index is 1.59. The number of hydrazine groups is 1. The quantitative estimate of drug-likeness (QED) is 0.0315. The molecule has 1 saturated heterocycles. The summed E-state index contributed by atoms with van der Waals surface area (Å²) >= 11 is 0. The molecule has 4 fully saturated rings. The van der Waals surface area contributed by atoms with Crippen molar-refractivity contribution >= 4 is 24.8 Å². The van der Waals surface area contributed by atoms with E-state index in [-0.39, 0.29) is 53.7 Å². The zero-order chi connectivity index (χ0) is 33.9. The van der Waals surface area contributed by atoms with E-state index < -0.39 is 18.1 Å². The molecule has 0 aromatic rings. The number of hydrogen-bond donors (Lipinski definition) is 3. The Kier molecular flexibility index (Phi) is 14.8. The van der Waals surface area contributed by atoms with E-state index in [1.54, 1.807) is 0 Å². The first kappa shape index (κ1) is 38.2. The summed E-state index contributed by atoms with van der Waals surface area (Å²) in [6, 6.07) is 0. The van der Waals surface area contributed by atoms with E-state index in [0.29, 0.717) is 43.4 Å². The smallest absolute Gasteiger partial charge is 0.404 e. The summed E-state index contributed by atoms with van der Waals surface area (Å²) in [5.74, 6) is 0.128. The van der Waals surface area contributed by atoms with Crippen LogP contribution in [0.15, 0.2) is 4.99 Å². The number of amides is 1. The van der Waals surface area contributed by atoms with Crippen molar-refractivity contribution in [2.45, 2.75) is 162 Å². The van der Waals surface area contributed by atoms with Crippen molar-refractivity contribution in [3.63, 3.8) is 0 Å². The SMILES string of the molecule is CCCCCCCCCCCC(=O)C[C@@H](CCCN=C(N)N[N+](=O)[O-])C(=O)N[C@@H](CC(C)C)B1O[C@@H]2C[C@@H]3C[C@@H](C3(C)C)[C@]2(C)O1. The molecule has 3 aliphatic carbocycles. The Morgan fingerprint density at radius 2 is 1.70 bits per heavy atom. The third kappa shape index (κ3) is 10.7. The van der Waals surface area contributed by atoms with Crippen LogP contribution in [-0.4, -0.2) is 54.0 Å². The molecule has 262 valence electrons. The molecule has 4 rings (SSSR count). The molecule has 6 atom stereocenters. The van der Waals surface area contributed by atoms with E-state index in [1.807, 2.05) is 5.43 Å². The van der Waals surface area contributed by atoms with E-state index in [1.165, 1.54) is 38.5 Å². The van der Waals surface area contributed by atoms with Crippen molar-refractivity contribution in [1.29, 1.82) is 0 Å². The second-order valence-electron chi connectivity index (χ2n) is 15.4. The minimum absolute atomic E-state index is 0.0191. The van der Waals surface area contributed by atoms with Gasteiger partial charge in [0.05, 0.1) is 17.6 Å². The highest BCUT2D eigenvalue weighted by Gasteiger charge is 2.68. The zero-order valence-corrected chi connectivity index (χ0v) is 29.5. The highest BCUT2D eigenvalue weighted by atomic mass is 16.7. The van der Waals surface area contributed by atoms with Crippen molar-refractivity contribution in [2.75, 3.05) is 6.54 Å². The fraction of sp³-hybridized carbons (Fsp3) is 0.912. The summed E-state index contributed by atoms with van der Waals surface area (Å²) in [7, 11) is -0.535.